The molecule has 148 valence electrons. The fraction of sp³-hybridized carbons (Fsp3) is 0.562. The minimum absolute atomic E-state index is 0.137. The van der Waals surface area contributed by atoms with E-state index in [1.165, 1.54) is 10.9 Å². The zero-order valence-corrected chi connectivity index (χ0v) is 14.0. The van der Waals surface area contributed by atoms with Crippen molar-refractivity contribution in [3.63, 3.8) is 0 Å². The van der Waals surface area contributed by atoms with Crippen LogP contribution in [0.5, 0.6) is 0 Å². The molecule has 0 bridgehead atoms. The van der Waals surface area contributed by atoms with Crippen LogP contribution < -0.4 is 5.32 Å². The molecule has 27 heavy (non-hydrogen) atoms. The van der Waals surface area contributed by atoms with E-state index in [-0.39, 0.29) is 23.5 Å². The zero-order valence-electron chi connectivity index (χ0n) is 19.0. The first-order chi connectivity index (χ1) is 14.9. The lowest BCUT2D eigenvalue weighted by atomic mass is 9.98. The van der Waals surface area contributed by atoms with Gasteiger partial charge in [-0.25, -0.2) is 15.0 Å². The highest BCUT2D eigenvalue weighted by molar-refractivity contribution is 5.82. The molecule has 3 heterocycles. The van der Waals surface area contributed by atoms with Crippen LogP contribution in [-0.4, -0.2) is 89.2 Å². The number of fused-ring (bicyclic) bond motifs is 1. The third-order valence-electron chi connectivity index (χ3n) is 4.20. The minimum atomic E-state index is -3.04. The first-order valence-electron chi connectivity index (χ1n) is 10.5. The van der Waals surface area contributed by atoms with Gasteiger partial charge >= 0.3 is 0 Å². The molecule has 1 aliphatic rings. The van der Waals surface area contributed by atoms with Crippen LogP contribution in [0.15, 0.2) is 24.3 Å². The average Bonchev–Trinajstić information content (AvgIpc) is 3.12. The van der Waals surface area contributed by atoms with E-state index in [1.54, 1.807) is 0 Å². The summed E-state index contributed by atoms with van der Waals surface area (Å²) < 4.78 is 43.4. The Kier molecular flexibility index (Phi) is 4.26. The summed E-state index contributed by atoms with van der Waals surface area (Å²) in [6, 6.07) is 0. The topological polar surface area (TPSA) is 166 Å². The summed E-state index contributed by atoms with van der Waals surface area (Å²) in [5.74, 6) is 0.137. The maximum atomic E-state index is 10.3. The van der Waals surface area contributed by atoms with E-state index in [0.717, 1.165) is 12.4 Å². The molecule has 11 nitrogen and oxygen atoms in total. The standard InChI is InChI=1S/C16H23N5O6/c1-8(4-22)2-3-17-14-10-15(19-6-18-14)21(7-20-10)16-13(26)12(25)11(24)9(5-23)27-16/h2,6-7,9,11-13,16,22-26H,3-5H2,1H3,(H,17,18,19)/b8-2+/t9-,11?,12-,13?,16+/m0/s1/i1D3,4D2. The van der Waals surface area contributed by atoms with Gasteiger partial charge in [0, 0.05) is 10.7 Å². The predicted molar refractivity (Wildman–Crippen MR) is 93.7 cm³/mol. The van der Waals surface area contributed by atoms with Crippen molar-refractivity contribution >= 4 is 17.0 Å². The van der Waals surface area contributed by atoms with E-state index in [2.05, 4.69) is 20.3 Å². The Morgan fingerprint density at radius 2 is 2.11 bits per heavy atom. The van der Waals surface area contributed by atoms with Crippen molar-refractivity contribution in [3.8, 4) is 0 Å². The lowest BCUT2D eigenvalue weighted by molar-refractivity contribution is -0.250. The summed E-state index contributed by atoms with van der Waals surface area (Å²) in [4.78, 5) is 12.2. The second-order valence-corrected chi connectivity index (χ2v) is 5.88. The van der Waals surface area contributed by atoms with Gasteiger partial charge in [0.05, 0.1) is 22.2 Å². The normalized spacial score (nSPS) is 33.0. The van der Waals surface area contributed by atoms with E-state index in [4.69, 9.17) is 11.6 Å². The lowest BCUT2D eigenvalue weighted by Gasteiger charge is -2.40. The molecule has 2 aromatic heterocycles. The van der Waals surface area contributed by atoms with Crippen molar-refractivity contribution in [3.05, 3.63) is 24.3 Å². The summed E-state index contributed by atoms with van der Waals surface area (Å²) in [7, 11) is 0. The third kappa shape index (κ3) is 3.78. The van der Waals surface area contributed by atoms with Gasteiger partial charge in [0.2, 0.25) is 0 Å². The Labute approximate surface area is 161 Å². The molecule has 2 unspecified atom stereocenters. The monoisotopic (exact) mass is 386 g/mol. The Morgan fingerprint density at radius 3 is 2.81 bits per heavy atom. The van der Waals surface area contributed by atoms with Crippen LogP contribution in [0.25, 0.3) is 11.2 Å². The van der Waals surface area contributed by atoms with Gasteiger partial charge in [-0.1, -0.05) is 11.6 Å². The van der Waals surface area contributed by atoms with Gasteiger partial charge in [-0.15, -0.1) is 0 Å². The number of imidazole rings is 1. The Balaban J connectivity index is 1.88. The first-order valence-corrected chi connectivity index (χ1v) is 8.01. The Hall–Kier alpha value is -2.15. The second-order valence-electron chi connectivity index (χ2n) is 5.88. The SMILES string of the molecule is [2H]C([2H])([2H])/C(=C\CNc1ncnc2c1ncn2[C@@H]1O[C@@H](CO)C(O)[C@H](O)C1O)C([2H])([2H])O. The molecule has 0 amide bonds. The van der Waals surface area contributed by atoms with Gasteiger partial charge in [-0.2, -0.15) is 0 Å². The van der Waals surface area contributed by atoms with Crippen LogP contribution in [0.4, 0.5) is 5.82 Å². The molecule has 3 rings (SSSR count). The highest BCUT2D eigenvalue weighted by Crippen LogP contribution is 2.31. The van der Waals surface area contributed by atoms with Gasteiger partial charge in [0.15, 0.2) is 23.2 Å². The highest BCUT2D eigenvalue weighted by atomic mass is 16.6. The highest BCUT2D eigenvalue weighted by Gasteiger charge is 2.44. The lowest BCUT2D eigenvalue weighted by Crippen LogP contribution is -2.56. The molecule has 11 heteroatoms. The van der Waals surface area contributed by atoms with Crippen molar-refractivity contribution in [2.24, 2.45) is 0 Å². The zero-order chi connectivity index (χ0) is 23.8. The Bertz CT molecular complexity index is 962. The number of hydrogen-bond acceptors (Lipinski definition) is 10. The van der Waals surface area contributed by atoms with Crippen molar-refractivity contribution in [2.45, 2.75) is 37.5 Å². The van der Waals surface area contributed by atoms with E-state index in [1.807, 2.05) is 0 Å². The summed E-state index contributed by atoms with van der Waals surface area (Å²) in [6.45, 7) is -6.72. The van der Waals surface area contributed by atoms with Crippen LogP contribution in [0.3, 0.4) is 0 Å². The molecule has 0 saturated carbocycles. The van der Waals surface area contributed by atoms with Crippen molar-refractivity contribution in [2.75, 3.05) is 25.0 Å². The molecular formula is C16H23N5O6. The Morgan fingerprint density at radius 1 is 1.30 bits per heavy atom. The molecule has 6 N–H and O–H groups in total. The van der Waals surface area contributed by atoms with Crippen LogP contribution in [0, 0.1) is 0 Å². The molecule has 0 aromatic carbocycles. The molecule has 1 aliphatic heterocycles. The maximum Gasteiger partial charge on any atom is 0.167 e. The summed E-state index contributed by atoms with van der Waals surface area (Å²) in [5, 5.41) is 51.9. The maximum absolute atomic E-state index is 10.3. The van der Waals surface area contributed by atoms with Gasteiger partial charge < -0.3 is 35.6 Å². The fourth-order valence-electron chi connectivity index (χ4n) is 2.77. The summed E-state index contributed by atoms with van der Waals surface area (Å²) in [6.07, 6.45) is -3.68. The van der Waals surface area contributed by atoms with E-state index in [9.17, 15) is 25.5 Å². The molecule has 0 radical (unpaired) electrons. The number of hydrogen-bond donors (Lipinski definition) is 6. The van der Waals surface area contributed by atoms with Gasteiger partial charge in [0.1, 0.15) is 30.7 Å². The van der Waals surface area contributed by atoms with Crippen molar-refractivity contribution < 1.29 is 37.1 Å². The van der Waals surface area contributed by atoms with E-state index in [0.29, 0.717) is 0 Å². The number of ether oxygens (including phenoxy) is 1. The van der Waals surface area contributed by atoms with Crippen LogP contribution in [0.2, 0.25) is 0 Å². The molecule has 1 fully saturated rings. The average molecular weight is 386 g/mol. The minimum Gasteiger partial charge on any atom is -0.394 e. The molecule has 0 spiro atoms. The van der Waals surface area contributed by atoms with Crippen LogP contribution in [-0.2, 0) is 4.74 Å². The quantitative estimate of drug-likeness (QED) is 0.310. The number of nitrogens with one attached hydrogen (secondary N) is 1. The largest absolute Gasteiger partial charge is 0.394 e. The number of aliphatic hydroxyl groups is 5. The number of aliphatic hydroxyl groups excluding tert-OH is 4. The fourth-order valence-corrected chi connectivity index (χ4v) is 2.77. The number of anilines is 1. The summed E-state index contributed by atoms with van der Waals surface area (Å²) >= 11 is 0. The van der Waals surface area contributed by atoms with Crippen LogP contribution >= 0.6 is 0 Å². The smallest absolute Gasteiger partial charge is 0.167 e. The van der Waals surface area contributed by atoms with Gasteiger partial charge in [-0.3, -0.25) is 4.57 Å². The molecule has 0 aliphatic carbocycles. The first kappa shape index (κ1) is 13.9. The molecule has 1 saturated heterocycles. The van der Waals surface area contributed by atoms with Gasteiger partial charge in [-0.05, 0) is 6.85 Å². The summed E-state index contributed by atoms with van der Waals surface area (Å²) in [5.41, 5.74) is -0.459. The molecule has 5 atom stereocenters. The van der Waals surface area contributed by atoms with E-state index < -0.39 is 56.2 Å². The predicted octanol–water partition coefficient (Wildman–Crippen LogP) is -1.85. The number of rotatable bonds is 6. The third-order valence-corrected chi connectivity index (χ3v) is 4.20. The second kappa shape index (κ2) is 8.25. The van der Waals surface area contributed by atoms with Crippen LogP contribution in [0.1, 0.15) is 19.9 Å². The molecule has 2 aromatic rings. The number of aromatic nitrogens is 4. The van der Waals surface area contributed by atoms with Crippen molar-refractivity contribution in [1.29, 1.82) is 0 Å². The molecular weight excluding hydrogens is 358 g/mol. The number of nitrogens with zero attached hydrogens (tertiary/aromatic N) is 4. The van der Waals surface area contributed by atoms with Gasteiger partial charge in [0.25, 0.3) is 0 Å². The van der Waals surface area contributed by atoms with E-state index >= 15 is 0 Å². The van der Waals surface area contributed by atoms with Crippen molar-refractivity contribution in [1.82, 2.24) is 19.5 Å².